The first kappa shape index (κ1) is 12.0. The molecular weight excluding hydrogens is 238 g/mol. The number of ether oxygens (including phenoxy) is 1. The molecule has 0 spiro atoms. The monoisotopic (exact) mass is 251 g/mol. The van der Waals surface area contributed by atoms with E-state index in [0.29, 0.717) is 5.69 Å². The van der Waals surface area contributed by atoms with Crippen LogP contribution in [0.25, 0.3) is 0 Å². The second-order valence-electron chi connectivity index (χ2n) is 3.97. The van der Waals surface area contributed by atoms with E-state index in [1.54, 1.807) is 5.38 Å². The fourth-order valence-corrected chi connectivity index (χ4v) is 2.92. The third-order valence-corrected chi connectivity index (χ3v) is 4.03. The number of piperidine rings is 1. The van der Waals surface area contributed by atoms with Gasteiger partial charge in [0.05, 0.1) is 13.2 Å². The highest BCUT2D eigenvalue weighted by atomic mass is 32.1. The number of nitriles is 1. The molecule has 0 aromatic carbocycles. The van der Waals surface area contributed by atoms with Crippen molar-refractivity contribution in [1.82, 2.24) is 10.3 Å². The van der Waals surface area contributed by atoms with Gasteiger partial charge in [0.15, 0.2) is 5.69 Å². The van der Waals surface area contributed by atoms with Gasteiger partial charge in [-0.2, -0.15) is 5.26 Å². The van der Waals surface area contributed by atoms with Crippen molar-refractivity contribution < 1.29 is 9.53 Å². The molecule has 1 N–H and O–H groups in total. The van der Waals surface area contributed by atoms with Crippen LogP contribution < -0.4 is 5.32 Å². The first-order valence-electron chi connectivity index (χ1n) is 5.38. The number of hydrogen-bond acceptors (Lipinski definition) is 6. The topological polar surface area (TPSA) is 75.0 Å². The van der Waals surface area contributed by atoms with Crippen LogP contribution in [0, 0.1) is 11.3 Å². The molecule has 2 heterocycles. The molecule has 0 radical (unpaired) electrons. The number of hydrogen-bond donors (Lipinski definition) is 1. The summed E-state index contributed by atoms with van der Waals surface area (Å²) in [6, 6.07) is 2.36. The SMILES string of the molecule is COC(=O)c1csc(C2(C#N)CCNCC2)n1. The molecule has 6 heteroatoms. The lowest BCUT2D eigenvalue weighted by Gasteiger charge is -2.28. The minimum absolute atomic E-state index is 0.292. The molecule has 0 amide bonds. The lowest BCUT2D eigenvalue weighted by Crippen LogP contribution is -2.38. The average molecular weight is 251 g/mol. The molecule has 17 heavy (non-hydrogen) atoms. The molecule has 1 aliphatic rings. The fourth-order valence-electron chi connectivity index (χ4n) is 1.92. The zero-order valence-corrected chi connectivity index (χ0v) is 10.3. The van der Waals surface area contributed by atoms with E-state index < -0.39 is 11.4 Å². The highest BCUT2D eigenvalue weighted by Crippen LogP contribution is 2.34. The predicted molar refractivity (Wildman–Crippen MR) is 62.8 cm³/mol. The predicted octanol–water partition coefficient (Wildman–Crippen LogP) is 1.07. The lowest BCUT2D eigenvalue weighted by molar-refractivity contribution is 0.0594. The van der Waals surface area contributed by atoms with Gasteiger partial charge in [-0.05, 0) is 25.9 Å². The Kier molecular flexibility index (Phi) is 3.41. The van der Waals surface area contributed by atoms with Crippen LogP contribution >= 0.6 is 11.3 Å². The molecule has 2 rings (SSSR count). The second kappa shape index (κ2) is 4.82. The number of nitrogens with one attached hydrogen (secondary N) is 1. The van der Waals surface area contributed by atoms with Gasteiger partial charge in [0.1, 0.15) is 10.4 Å². The summed E-state index contributed by atoms with van der Waals surface area (Å²) < 4.78 is 4.61. The van der Waals surface area contributed by atoms with Gasteiger partial charge >= 0.3 is 5.97 Å². The first-order valence-corrected chi connectivity index (χ1v) is 6.26. The molecule has 1 aliphatic heterocycles. The van der Waals surface area contributed by atoms with Crippen LogP contribution in [0.5, 0.6) is 0 Å². The molecule has 0 saturated carbocycles. The minimum atomic E-state index is -0.539. The normalized spacial score (nSPS) is 18.4. The van der Waals surface area contributed by atoms with Crippen LogP contribution in [0.3, 0.4) is 0 Å². The van der Waals surface area contributed by atoms with Gasteiger partial charge in [-0.3, -0.25) is 0 Å². The number of aromatic nitrogens is 1. The van der Waals surface area contributed by atoms with Gasteiger partial charge in [-0.25, -0.2) is 9.78 Å². The third-order valence-electron chi connectivity index (χ3n) is 2.98. The van der Waals surface area contributed by atoms with E-state index >= 15 is 0 Å². The van der Waals surface area contributed by atoms with E-state index in [-0.39, 0.29) is 0 Å². The highest BCUT2D eigenvalue weighted by Gasteiger charge is 2.37. The number of thiazole rings is 1. The summed E-state index contributed by atoms with van der Waals surface area (Å²) in [4.78, 5) is 15.6. The standard InChI is InChI=1S/C11H13N3O2S/c1-16-9(15)8-6-17-10(14-8)11(7-12)2-4-13-5-3-11/h6,13H,2-5H2,1H3. The van der Waals surface area contributed by atoms with Crippen molar-refractivity contribution in [3.05, 3.63) is 16.1 Å². The van der Waals surface area contributed by atoms with Gasteiger partial charge in [0, 0.05) is 5.38 Å². The van der Waals surface area contributed by atoms with Crippen LogP contribution in [0.1, 0.15) is 28.3 Å². The lowest BCUT2D eigenvalue weighted by atomic mass is 9.81. The number of rotatable bonds is 2. The van der Waals surface area contributed by atoms with Crippen LogP contribution in [-0.4, -0.2) is 31.2 Å². The highest BCUT2D eigenvalue weighted by molar-refractivity contribution is 7.10. The van der Waals surface area contributed by atoms with Crippen molar-refractivity contribution >= 4 is 17.3 Å². The summed E-state index contributed by atoms with van der Waals surface area (Å²) >= 11 is 1.36. The Hall–Kier alpha value is -1.45. The van der Waals surface area contributed by atoms with Crippen molar-refractivity contribution in [3.63, 3.8) is 0 Å². The second-order valence-corrected chi connectivity index (χ2v) is 4.83. The summed E-state index contributed by atoms with van der Waals surface area (Å²) in [5, 5.41) is 15.0. The molecule has 0 aliphatic carbocycles. The van der Waals surface area contributed by atoms with Crippen molar-refractivity contribution in [3.8, 4) is 6.07 Å². The van der Waals surface area contributed by atoms with Crippen molar-refractivity contribution in [1.29, 1.82) is 5.26 Å². The summed E-state index contributed by atoms with van der Waals surface area (Å²) in [7, 11) is 1.33. The smallest absolute Gasteiger partial charge is 0.357 e. The maximum Gasteiger partial charge on any atom is 0.357 e. The molecule has 0 bridgehead atoms. The van der Waals surface area contributed by atoms with E-state index in [0.717, 1.165) is 30.9 Å². The van der Waals surface area contributed by atoms with Gasteiger partial charge in [-0.1, -0.05) is 0 Å². The van der Waals surface area contributed by atoms with Crippen molar-refractivity contribution in [2.75, 3.05) is 20.2 Å². The number of nitrogens with zero attached hydrogens (tertiary/aromatic N) is 2. The molecule has 0 atom stereocenters. The maximum absolute atomic E-state index is 11.3. The third kappa shape index (κ3) is 2.16. The Balaban J connectivity index is 2.29. The summed E-state index contributed by atoms with van der Waals surface area (Å²) in [5.74, 6) is -0.450. The Morgan fingerprint density at radius 2 is 2.35 bits per heavy atom. The van der Waals surface area contributed by atoms with Crippen LogP contribution in [0.4, 0.5) is 0 Å². The molecule has 0 unspecified atom stereocenters. The van der Waals surface area contributed by atoms with Gasteiger partial charge in [0.25, 0.3) is 0 Å². The number of carbonyl (C=O) groups excluding carboxylic acids is 1. The quantitative estimate of drug-likeness (QED) is 0.796. The van der Waals surface area contributed by atoms with E-state index in [1.807, 2.05) is 0 Å². The summed E-state index contributed by atoms with van der Waals surface area (Å²) in [6.45, 7) is 1.61. The zero-order valence-electron chi connectivity index (χ0n) is 9.52. The van der Waals surface area contributed by atoms with Crippen LogP contribution in [0.2, 0.25) is 0 Å². The molecule has 1 saturated heterocycles. The van der Waals surface area contributed by atoms with Crippen LogP contribution in [0.15, 0.2) is 5.38 Å². The average Bonchev–Trinajstić information content (AvgIpc) is 2.88. The van der Waals surface area contributed by atoms with E-state index in [9.17, 15) is 10.1 Å². The van der Waals surface area contributed by atoms with E-state index in [1.165, 1.54) is 18.4 Å². The Morgan fingerprint density at radius 1 is 1.65 bits per heavy atom. The molecule has 90 valence electrons. The minimum Gasteiger partial charge on any atom is -0.464 e. The van der Waals surface area contributed by atoms with E-state index in [2.05, 4.69) is 21.1 Å². The van der Waals surface area contributed by atoms with Crippen LogP contribution in [-0.2, 0) is 10.2 Å². The number of esters is 1. The molecule has 1 fully saturated rings. The maximum atomic E-state index is 11.3. The Morgan fingerprint density at radius 3 is 2.94 bits per heavy atom. The Labute approximate surface area is 103 Å². The number of carbonyl (C=O) groups is 1. The zero-order chi connectivity index (χ0) is 12.3. The van der Waals surface area contributed by atoms with Gasteiger partial charge in [-0.15, -0.1) is 11.3 Å². The fraction of sp³-hybridized carbons (Fsp3) is 0.545. The largest absolute Gasteiger partial charge is 0.464 e. The Bertz CT molecular complexity index is 458. The first-order chi connectivity index (χ1) is 8.22. The van der Waals surface area contributed by atoms with Crippen molar-refractivity contribution in [2.24, 2.45) is 0 Å². The molecule has 1 aromatic heterocycles. The summed E-state index contributed by atoms with van der Waals surface area (Å²) in [5.41, 5.74) is -0.247. The van der Waals surface area contributed by atoms with Gasteiger partial charge in [0.2, 0.25) is 0 Å². The molecular formula is C11H13N3O2S. The molecule has 5 nitrogen and oxygen atoms in total. The molecule has 1 aromatic rings. The summed E-state index contributed by atoms with van der Waals surface area (Å²) in [6.07, 6.45) is 1.47. The van der Waals surface area contributed by atoms with Crippen molar-refractivity contribution in [2.45, 2.75) is 18.3 Å². The van der Waals surface area contributed by atoms with Gasteiger partial charge < -0.3 is 10.1 Å². The number of methoxy groups -OCH3 is 1. The van der Waals surface area contributed by atoms with E-state index in [4.69, 9.17) is 0 Å².